The fourth-order valence-corrected chi connectivity index (χ4v) is 5.44. The molecule has 0 radical (unpaired) electrons. The maximum absolute atomic E-state index is 13.2. The van der Waals surface area contributed by atoms with Gasteiger partial charge in [0.25, 0.3) is 0 Å². The highest BCUT2D eigenvalue weighted by Crippen LogP contribution is 2.44. The number of carbonyl (C=O) groups excluding carboxylic acids is 2. The Kier molecular flexibility index (Phi) is 8.99. The molecule has 0 spiro atoms. The van der Waals surface area contributed by atoms with Gasteiger partial charge in [0.1, 0.15) is 6.61 Å². The minimum absolute atomic E-state index is 0.0601. The molecule has 1 unspecified atom stereocenters. The first-order valence-electron chi connectivity index (χ1n) is 14.2. The van der Waals surface area contributed by atoms with Crippen LogP contribution in [-0.2, 0) is 25.7 Å². The van der Waals surface area contributed by atoms with Crippen LogP contribution < -0.4 is 10.6 Å². The number of hydrogen-bond acceptors (Lipinski definition) is 5. The maximum Gasteiger partial charge on any atom is 0.407 e. The summed E-state index contributed by atoms with van der Waals surface area (Å²) < 4.78 is 11.4. The molecule has 214 valence electrons. The number of carbonyl (C=O) groups is 3. The number of rotatable bonds is 13. The molecule has 1 fully saturated rings. The van der Waals surface area contributed by atoms with Gasteiger partial charge in [0.05, 0.1) is 18.6 Å². The van der Waals surface area contributed by atoms with Crippen LogP contribution >= 0.6 is 0 Å². The summed E-state index contributed by atoms with van der Waals surface area (Å²) in [7, 11) is 0. The fraction of sp³-hybridized carbons (Fsp3) is 0.364. The highest BCUT2D eigenvalue weighted by Gasteiger charge is 2.34. The first kappa shape index (κ1) is 28.4. The van der Waals surface area contributed by atoms with E-state index < -0.39 is 36.0 Å². The summed E-state index contributed by atoms with van der Waals surface area (Å²) in [4.78, 5) is 38.0. The predicted molar refractivity (Wildman–Crippen MR) is 154 cm³/mol. The molecule has 5 rings (SSSR count). The van der Waals surface area contributed by atoms with Crippen molar-refractivity contribution >= 4 is 18.0 Å². The number of alkyl carbamates (subject to hydrolysis) is 1. The van der Waals surface area contributed by atoms with E-state index in [4.69, 9.17) is 9.47 Å². The zero-order chi connectivity index (χ0) is 28.8. The van der Waals surface area contributed by atoms with Crippen molar-refractivity contribution in [2.45, 2.75) is 50.9 Å². The molecule has 8 nitrogen and oxygen atoms in total. The van der Waals surface area contributed by atoms with E-state index in [0.717, 1.165) is 40.7 Å². The van der Waals surface area contributed by atoms with Crippen LogP contribution in [0, 0.1) is 11.8 Å². The van der Waals surface area contributed by atoms with Crippen molar-refractivity contribution in [3.05, 3.63) is 95.6 Å². The van der Waals surface area contributed by atoms with Gasteiger partial charge < -0.3 is 25.2 Å². The first-order valence-corrected chi connectivity index (χ1v) is 14.2. The molecule has 2 aliphatic carbocycles. The molecule has 3 aromatic rings. The SMILES string of the molecule is C[C@H](OCc1ccccc1)[C@@H](NC(=O)C(CNC(=O)OCC1c2ccccc2-c2ccccc21)CC1CC1)C(=O)O. The highest BCUT2D eigenvalue weighted by molar-refractivity contribution is 5.86. The Bertz CT molecular complexity index is 1330. The Hall–Kier alpha value is -4.17. The molecular weight excluding hydrogens is 520 g/mol. The standard InChI is InChI=1S/C33H36N2O6/c1-21(40-19-23-9-3-2-4-10-23)30(32(37)38)35-31(36)24(17-22-15-16-22)18-34-33(39)41-20-29-27-13-7-5-11-25(27)26-12-6-8-14-28(26)29/h2-14,21-22,24,29-30H,15-20H2,1H3,(H,34,39)(H,35,36)(H,37,38)/t21-,24?,30+/m0/s1. The van der Waals surface area contributed by atoms with Crippen LogP contribution in [-0.4, -0.2) is 48.4 Å². The number of ether oxygens (including phenoxy) is 2. The Labute approximate surface area is 240 Å². The lowest BCUT2D eigenvalue weighted by molar-refractivity contribution is -0.147. The number of carboxylic acid groups (broad SMARTS) is 1. The number of fused-ring (bicyclic) bond motifs is 3. The lowest BCUT2D eigenvalue weighted by atomic mass is 9.98. The molecule has 0 heterocycles. The minimum Gasteiger partial charge on any atom is -0.480 e. The van der Waals surface area contributed by atoms with Gasteiger partial charge in [-0.25, -0.2) is 9.59 Å². The van der Waals surface area contributed by atoms with Crippen molar-refractivity contribution in [3.8, 4) is 11.1 Å². The summed E-state index contributed by atoms with van der Waals surface area (Å²) in [5, 5.41) is 15.2. The number of hydrogen-bond donors (Lipinski definition) is 3. The first-order chi connectivity index (χ1) is 19.9. The van der Waals surface area contributed by atoms with Crippen molar-refractivity contribution in [2.24, 2.45) is 11.8 Å². The van der Waals surface area contributed by atoms with Gasteiger partial charge in [0.2, 0.25) is 5.91 Å². The van der Waals surface area contributed by atoms with Gasteiger partial charge in [-0.3, -0.25) is 4.79 Å². The van der Waals surface area contributed by atoms with Crippen LogP contribution in [0.2, 0.25) is 0 Å². The van der Waals surface area contributed by atoms with Gasteiger partial charge in [-0.2, -0.15) is 0 Å². The van der Waals surface area contributed by atoms with E-state index in [1.54, 1.807) is 6.92 Å². The number of amides is 2. The Morgan fingerprint density at radius 2 is 1.51 bits per heavy atom. The lowest BCUT2D eigenvalue weighted by Crippen LogP contribution is -2.51. The summed E-state index contributed by atoms with van der Waals surface area (Å²) in [5.74, 6) is -1.84. The van der Waals surface area contributed by atoms with Crippen LogP contribution in [0.1, 0.15) is 48.8 Å². The van der Waals surface area contributed by atoms with E-state index in [1.165, 1.54) is 0 Å². The van der Waals surface area contributed by atoms with E-state index in [2.05, 4.69) is 34.9 Å². The van der Waals surface area contributed by atoms with Crippen molar-refractivity contribution in [3.63, 3.8) is 0 Å². The number of benzene rings is 3. The highest BCUT2D eigenvalue weighted by atomic mass is 16.5. The predicted octanol–water partition coefficient (Wildman–Crippen LogP) is 5.12. The molecule has 2 amide bonds. The van der Waals surface area contributed by atoms with E-state index in [0.29, 0.717) is 12.3 Å². The van der Waals surface area contributed by atoms with Crippen molar-refractivity contribution in [1.82, 2.24) is 10.6 Å². The summed E-state index contributed by atoms with van der Waals surface area (Å²) in [6.07, 6.45) is 1.26. The average molecular weight is 557 g/mol. The second-order valence-corrected chi connectivity index (χ2v) is 10.9. The molecule has 8 heteroatoms. The average Bonchev–Trinajstić information content (AvgIpc) is 3.76. The van der Waals surface area contributed by atoms with E-state index in [-0.39, 0.29) is 25.7 Å². The van der Waals surface area contributed by atoms with Gasteiger partial charge in [0.15, 0.2) is 6.04 Å². The summed E-state index contributed by atoms with van der Waals surface area (Å²) in [6.45, 7) is 2.10. The topological polar surface area (TPSA) is 114 Å². The van der Waals surface area contributed by atoms with Crippen molar-refractivity contribution in [1.29, 1.82) is 0 Å². The lowest BCUT2D eigenvalue weighted by Gasteiger charge is -2.25. The molecule has 0 aromatic heterocycles. The third kappa shape index (κ3) is 7.13. The molecule has 41 heavy (non-hydrogen) atoms. The molecule has 0 saturated heterocycles. The monoisotopic (exact) mass is 556 g/mol. The Morgan fingerprint density at radius 3 is 2.12 bits per heavy atom. The summed E-state index contributed by atoms with van der Waals surface area (Å²) in [5.41, 5.74) is 5.45. The molecule has 1 saturated carbocycles. The molecule has 0 bridgehead atoms. The molecular formula is C33H36N2O6. The Morgan fingerprint density at radius 1 is 0.902 bits per heavy atom. The second kappa shape index (κ2) is 13.0. The van der Waals surface area contributed by atoms with Crippen molar-refractivity contribution in [2.75, 3.05) is 13.2 Å². The Balaban J connectivity index is 1.16. The van der Waals surface area contributed by atoms with Gasteiger partial charge in [0, 0.05) is 12.5 Å². The summed E-state index contributed by atoms with van der Waals surface area (Å²) >= 11 is 0. The second-order valence-electron chi connectivity index (χ2n) is 10.9. The van der Waals surface area contributed by atoms with Gasteiger partial charge in [-0.05, 0) is 47.1 Å². The molecule has 3 aromatic carbocycles. The third-order valence-corrected chi connectivity index (χ3v) is 7.91. The van der Waals surface area contributed by atoms with E-state index >= 15 is 0 Å². The zero-order valence-corrected chi connectivity index (χ0v) is 23.1. The molecule has 3 N–H and O–H groups in total. The van der Waals surface area contributed by atoms with Crippen molar-refractivity contribution < 1.29 is 29.0 Å². The normalized spacial score (nSPS) is 16.1. The van der Waals surface area contributed by atoms with Crippen LogP contribution in [0.3, 0.4) is 0 Å². The van der Waals surface area contributed by atoms with Gasteiger partial charge in [-0.15, -0.1) is 0 Å². The third-order valence-electron chi connectivity index (χ3n) is 7.91. The number of carboxylic acids is 1. The van der Waals surface area contributed by atoms with Crippen LogP contribution in [0.25, 0.3) is 11.1 Å². The van der Waals surface area contributed by atoms with Crippen LogP contribution in [0.5, 0.6) is 0 Å². The van der Waals surface area contributed by atoms with E-state index in [1.807, 2.05) is 54.6 Å². The molecule has 3 atom stereocenters. The van der Waals surface area contributed by atoms with Gasteiger partial charge >= 0.3 is 12.1 Å². The maximum atomic E-state index is 13.2. The number of aliphatic carboxylic acids is 1. The fourth-order valence-electron chi connectivity index (χ4n) is 5.44. The molecule has 0 aliphatic heterocycles. The smallest absolute Gasteiger partial charge is 0.407 e. The largest absolute Gasteiger partial charge is 0.480 e. The summed E-state index contributed by atoms with van der Waals surface area (Å²) in [6, 6.07) is 24.5. The zero-order valence-electron chi connectivity index (χ0n) is 23.1. The quantitative estimate of drug-likeness (QED) is 0.269. The van der Waals surface area contributed by atoms with Gasteiger partial charge in [-0.1, -0.05) is 91.7 Å². The minimum atomic E-state index is -1.22. The number of nitrogens with one attached hydrogen (secondary N) is 2. The molecule has 2 aliphatic rings. The van der Waals surface area contributed by atoms with Crippen LogP contribution in [0.4, 0.5) is 4.79 Å². The van der Waals surface area contributed by atoms with Crippen LogP contribution in [0.15, 0.2) is 78.9 Å². The van der Waals surface area contributed by atoms with E-state index in [9.17, 15) is 19.5 Å².